The van der Waals surface area contributed by atoms with E-state index in [0.717, 1.165) is 5.56 Å². The summed E-state index contributed by atoms with van der Waals surface area (Å²) >= 11 is 6.47. The molecule has 0 radical (unpaired) electrons. The molecule has 0 aliphatic carbocycles. The number of carbonyl (C=O) groups excluding carboxylic acids is 3. The molecule has 1 fully saturated rings. The topological polar surface area (TPSA) is 119 Å². The van der Waals surface area contributed by atoms with Crippen molar-refractivity contribution < 1.29 is 27.0 Å². The molecule has 11 heteroatoms. The second kappa shape index (κ2) is 8.09. The quantitative estimate of drug-likeness (QED) is 0.347. The number of amides is 4. The summed E-state index contributed by atoms with van der Waals surface area (Å²) in [5, 5.41) is 3.94. The third-order valence-electron chi connectivity index (χ3n) is 3.78. The van der Waals surface area contributed by atoms with Crippen molar-refractivity contribution in [2.24, 2.45) is 0 Å². The van der Waals surface area contributed by atoms with E-state index in [9.17, 15) is 22.8 Å². The zero-order chi connectivity index (χ0) is 21.3. The molecule has 1 saturated heterocycles. The van der Waals surface area contributed by atoms with E-state index in [4.69, 9.17) is 4.18 Å². The maximum Gasteiger partial charge on any atom is 0.339 e. The number of halogens is 2. The molecule has 4 amide bonds. The lowest BCUT2D eigenvalue weighted by atomic mass is 10.1. The van der Waals surface area contributed by atoms with Crippen molar-refractivity contribution >= 4 is 65.9 Å². The van der Waals surface area contributed by atoms with Gasteiger partial charge >= 0.3 is 16.1 Å². The number of rotatable bonds is 4. The molecule has 1 heterocycles. The summed E-state index contributed by atoms with van der Waals surface area (Å²) in [6, 6.07) is 8.22. The number of carbonyl (C=O) groups is 3. The van der Waals surface area contributed by atoms with Crippen molar-refractivity contribution in [3.05, 3.63) is 62.0 Å². The van der Waals surface area contributed by atoms with Gasteiger partial charge in [-0.25, -0.2) is 4.79 Å². The Bertz CT molecular complexity index is 1130. The lowest BCUT2D eigenvalue weighted by Gasteiger charge is -2.15. The van der Waals surface area contributed by atoms with Crippen LogP contribution in [0.1, 0.15) is 11.1 Å². The van der Waals surface area contributed by atoms with Crippen molar-refractivity contribution in [2.75, 3.05) is 0 Å². The number of nitrogens with one attached hydrogen (secondary N) is 2. The molecule has 2 aromatic carbocycles. The molecule has 0 saturated carbocycles. The predicted molar refractivity (Wildman–Crippen MR) is 110 cm³/mol. The summed E-state index contributed by atoms with van der Waals surface area (Å²) in [4.78, 5) is 34.8. The van der Waals surface area contributed by atoms with E-state index in [1.165, 1.54) is 30.3 Å². The number of imide groups is 2. The van der Waals surface area contributed by atoms with E-state index in [1.54, 1.807) is 12.1 Å². The third kappa shape index (κ3) is 4.74. The zero-order valence-corrected chi connectivity index (χ0v) is 18.6. The van der Waals surface area contributed by atoms with Gasteiger partial charge in [0.15, 0.2) is 5.75 Å². The van der Waals surface area contributed by atoms with Crippen LogP contribution in [-0.2, 0) is 19.7 Å². The highest BCUT2D eigenvalue weighted by Crippen LogP contribution is 2.37. The van der Waals surface area contributed by atoms with Gasteiger partial charge in [-0.1, -0.05) is 17.7 Å². The smallest absolute Gasteiger partial charge is 0.339 e. The highest BCUT2D eigenvalue weighted by atomic mass is 79.9. The van der Waals surface area contributed by atoms with E-state index >= 15 is 0 Å². The normalized spacial score (nSPS) is 14.3. The second-order valence-electron chi connectivity index (χ2n) is 5.96. The van der Waals surface area contributed by atoms with Crippen molar-refractivity contribution in [2.45, 2.75) is 11.8 Å². The summed E-state index contributed by atoms with van der Waals surface area (Å²) in [6.07, 6.45) is 1.25. The molecule has 0 bridgehead atoms. The average Bonchev–Trinajstić information content (AvgIpc) is 2.61. The van der Waals surface area contributed by atoms with Gasteiger partial charge in [0.25, 0.3) is 11.8 Å². The minimum atomic E-state index is -4.08. The van der Waals surface area contributed by atoms with Crippen LogP contribution in [-0.4, -0.2) is 26.3 Å². The standard InChI is InChI=1S/C18H12Br2N2O6S/c1-9-2-4-11(5-3-9)29(26,27)28-15-13(19)7-10(8-14(15)20)6-12-16(23)21-18(25)22-17(12)24/h2-8H,1H3,(H2,21,22,23,24,25). The Morgan fingerprint density at radius 1 is 0.931 bits per heavy atom. The molecule has 1 aliphatic rings. The zero-order valence-electron chi connectivity index (χ0n) is 14.7. The van der Waals surface area contributed by atoms with Crippen LogP contribution >= 0.6 is 31.9 Å². The molecule has 0 aromatic heterocycles. The van der Waals surface area contributed by atoms with Gasteiger partial charge in [-0.3, -0.25) is 20.2 Å². The summed E-state index contributed by atoms with van der Waals surface area (Å²) in [5.74, 6) is -1.68. The monoisotopic (exact) mass is 542 g/mol. The fourth-order valence-corrected chi connectivity index (χ4v) is 4.94. The molecular formula is C18H12Br2N2O6S. The molecule has 0 unspecified atom stereocenters. The lowest BCUT2D eigenvalue weighted by Crippen LogP contribution is -2.51. The Kier molecular flexibility index (Phi) is 5.92. The first-order valence-electron chi connectivity index (χ1n) is 7.95. The molecule has 29 heavy (non-hydrogen) atoms. The van der Waals surface area contributed by atoms with Crippen LogP contribution in [0.5, 0.6) is 5.75 Å². The molecule has 0 atom stereocenters. The minimum Gasteiger partial charge on any atom is -0.377 e. The van der Waals surface area contributed by atoms with Crippen LogP contribution in [0.25, 0.3) is 6.08 Å². The predicted octanol–water partition coefficient (Wildman–Crippen LogP) is 3.04. The number of barbiturate groups is 1. The first-order chi connectivity index (χ1) is 13.6. The Labute approximate surface area is 182 Å². The summed E-state index contributed by atoms with van der Waals surface area (Å²) < 4.78 is 30.8. The van der Waals surface area contributed by atoms with Gasteiger partial charge in [-0.05, 0) is 74.7 Å². The Morgan fingerprint density at radius 3 is 1.97 bits per heavy atom. The van der Waals surface area contributed by atoms with Crippen molar-refractivity contribution in [3.8, 4) is 5.75 Å². The second-order valence-corrected chi connectivity index (χ2v) is 9.21. The van der Waals surface area contributed by atoms with Gasteiger partial charge < -0.3 is 4.18 Å². The van der Waals surface area contributed by atoms with Crippen molar-refractivity contribution in [1.82, 2.24) is 10.6 Å². The van der Waals surface area contributed by atoms with E-state index in [2.05, 4.69) is 31.9 Å². The van der Waals surface area contributed by atoms with Crippen LogP contribution < -0.4 is 14.8 Å². The highest BCUT2D eigenvalue weighted by Gasteiger charge is 2.28. The van der Waals surface area contributed by atoms with Crippen LogP contribution in [0, 0.1) is 6.92 Å². The molecule has 2 aromatic rings. The van der Waals surface area contributed by atoms with Crippen molar-refractivity contribution in [3.63, 3.8) is 0 Å². The molecule has 1 aliphatic heterocycles. The van der Waals surface area contributed by atoms with E-state index in [1.807, 2.05) is 17.6 Å². The van der Waals surface area contributed by atoms with E-state index in [-0.39, 0.29) is 25.2 Å². The number of aryl methyl sites for hydroxylation is 1. The van der Waals surface area contributed by atoms with Crippen LogP contribution in [0.3, 0.4) is 0 Å². The number of hydrogen-bond donors (Lipinski definition) is 2. The Hall–Kier alpha value is -2.50. The van der Waals surface area contributed by atoms with Crippen LogP contribution in [0.4, 0.5) is 4.79 Å². The van der Waals surface area contributed by atoms with Gasteiger partial charge in [-0.2, -0.15) is 8.42 Å². The van der Waals surface area contributed by atoms with E-state index < -0.39 is 28.0 Å². The maximum atomic E-state index is 12.5. The maximum absolute atomic E-state index is 12.5. The molecule has 3 rings (SSSR count). The van der Waals surface area contributed by atoms with Gasteiger partial charge in [0.1, 0.15) is 10.5 Å². The average molecular weight is 544 g/mol. The number of benzene rings is 2. The Balaban J connectivity index is 1.93. The van der Waals surface area contributed by atoms with Gasteiger partial charge in [0, 0.05) is 0 Å². The molecule has 150 valence electrons. The van der Waals surface area contributed by atoms with Gasteiger partial charge in [0.2, 0.25) is 0 Å². The number of hydrogen-bond acceptors (Lipinski definition) is 6. The summed E-state index contributed by atoms with van der Waals surface area (Å²) in [7, 11) is -4.08. The first kappa shape index (κ1) is 21.2. The van der Waals surface area contributed by atoms with Crippen LogP contribution in [0.2, 0.25) is 0 Å². The lowest BCUT2D eigenvalue weighted by molar-refractivity contribution is -0.123. The highest BCUT2D eigenvalue weighted by molar-refractivity contribution is 9.11. The molecular weight excluding hydrogens is 532 g/mol. The number of urea groups is 1. The molecule has 8 nitrogen and oxygen atoms in total. The molecule has 0 spiro atoms. The van der Waals surface area contributed by atoms with Crippen molar-refractivity contribution in [1.29, 1.82) is 0 Å². The van der Waals surface area contributed by atoms with E-state index in [0.29, 0.717) is 5.56 Å². The summed E-state index contributed by atoms with van der Waals surface area (Å²) in [5.41, 5.74) is 1.02. The fourth-order valence-electron chi connectivity index (χ4n) is 2.38. The first-order valence-corrected chi connectivity index (χ1v) is 10.9. The minimum absolute atomic E-state index is 0.000417. The third-order valence-corrected chi connectivity index (χ3v) is 6.19. The van der Waals surface area contributed by atoms with Crippen LogP contribution in [0.15, 0.2) is 55.8 Å². The van der Waals surface area contributed by atoms with Gasteiger partial charge in [-0.15, -0.1) is 0 Å². The Morgan fingerprint density at radius 2 is 1.45 bits per heavy atom. The largest absolute Gasteiger partial charge is 0.377 e. The fraction of sp³-hybridized carbons (Fsp3) is 0.0556. The SMILES string of the molecule is Cc1ccc(S(=O)(=O)Oc2c(Br)cc(C=C3C(=O)NC(=O)NC3=O)cc2Br)cc1. The summed E-state index contributed by atoms with van der Waals surface area (Å²) in [6.45, 7) is 1.83. The van der Waals surface area contributed by atoms with Gasteiger partial charge in [0.05, 0.1) is 8.95 Å². The molecule has 2 N–H and O–H groups in total.